The molecule has 2 aliphatic rings. The Morgan fingerprint density at radius 2 is 2.00 bits per heavy atom. The van der Waals surface area contributed by atoms with Crippen LogP contribution >= 0.6 is 0 Å². The summed E-state index contributed by atoms with van der Waals surface area (Å²) in [6.45, 7) is 2.83. The van der Waals surface area contributed by atoms with Crippen LogP contribution in [0.3, 0.4) is 0 Å². The maximum absolute atomic E-state index is 12.7. The standard InChI is InChI=1S/C23H26N6O2/c30-21(15-6-12-29(13-7-15)23-26-8-1-9-27-23)24-10-4-16-14-28-19-3-2-18-17(20(16)19)5-11-25-22(18)31/h1-3,8-9,14-15,28H,4-7,10-13H2,(H,24,30)(H,25,31). The molecule has 3 aromatic rings. The number of benzene rings is 1. The average Bonchev–Trinajstić information content (AvgIpc) is 3.23. The van der Waals surface area contributed by atoms with Gasteiger partial charge >= 0.3 is 0 Å². The second kappa shape index (κ2) is 8.37. The van der Waals surface area contributed by atoms with Crippen LogP contribution in [-0.4, -0.2) is 52.9 Å². The van der Waals surface area contributed by atoms with Crippen molar-refractivity contribution in [2.24, 2.45) is 5.92 Å². The molecule has 31 heavy (non-hydrogen) atoms. The third-order valence-electron chi connectivity index (χ3n) is 6.34. The van der Waals surface area contributed by atoms with E-state index in [1.807, 2.05) is 24.4 Å². The maximum Gasteiger partial charge on any atom is 0.251 e. The first-order valence-electron chi connectivity index (χ1n) is 10.9. The van der Waals surface area contributed by atoms with E-state index in [9.17, 15) is 9.59 Å². The fourth-order valence-electron chi connectivity index (χ4n) is 4.70. The Morgan fingerprint density at radius 1 is 1.19 bits per heavy atom. The number of nitrogens with one attached hydrogen (secondary N) is 3. The van der Waals surface area contributed by atoms with Gasteiger partial charge in [-0.05, 0) is 55.0 Å². The highest BCUT2D eigenvalue weighted by atomic mass is 16.2. The number of aromatic nitrogens is 3. The zero-order valence-corrected chi connectivity index (χ0v) is 17.4. The van der Waals surface area contributed by atoms with Crippen molar-refractivity contribution in [3.63, 3.8) is 0 Å². The SMILES string of the molecule is O=C1NCCc2c1ccc1[nH]cc(CCNC(=O)C3CCN(c4ncccn4)CC3)c21. The highest BCUT2D eigenvalue weighted by molar-refractivity contribution is 6.02. The first kappa shape index (κ1) is 19.5. The maximum atomic E-state index is 12.7. The number of amides is 2. The van der Waals surface area contributed by atoms with E-state index in [0.29, 0.717) is 13.1 Å². The summed E-state index contributed by atoms with van der Waals surface area (Å²) in [5.74, 6) is 0.878. The number of nitrogens with zero attached hydrogens (tertiary/aromatic N) is 3. The van der Waals surface area contributed by atoms with E-state index in [2.05, 4.69) is 30.5 Å². The minimum atomic E-state index is -0.00384. The molecule has 4 heterocycles. The third-order valence-corrected chi connectivity index (χ3v) is 6.34. The van der Waals surface area contributed by atoms with Crippen molar-refractivity contribution in [3.8, 4) is 0 Å². The van der Waals surface area contributed by atoms with Crippen LogP contribution in [-0.2, 0) is 17.6 Å². The summed E-state index contributed by atoms with van der Waals surface area (Å²) in [5.41, 5.74) is 4.07. The van der Waals surface area contributed by atoms with Crippen LogP contribution in [0.25, 0.3) is 10.9 Å². The molecule has 160 valence electrons. The number of anilines is 1. The third kappa shape index (κ3) is 3.85. The van der Waals surface area contributed by atoms with Crippen LogP contribution in [0.1, 0.15) is 34.3 Å². The van der Waals surface area contributed by atoms with Crippen LogP contribution < -0.4 is 15.5 Å². The number of hydrogen-bond acceptors (Lipinski definition) is 5. The average molecular weight is 419 g/mol. The number of carbonyl (C=O) groups is 2. The summed E-state index contributed by atoms with van der Waals surface area (Å²) in [7, 11) is 0. The van der Waals surface area contributed by atoms with Gasteiger partial charge in [0.1, 0.15) is 0 Å². The highest BCUT2D eigenvalue weighted by Gasteiger charge is 2.26. The molecule has 2 aromatic heterocycles. The second-order valence-corrected chi connectivity index (χ2v) is 8.19. The summed E-state index contributed by atoms with van der Waals surface area (Å²) in [4.78, 5) is 38.9. The molecule has 1 aromatic carbocycles. The van der Waals surface area contributed by atoms with Crippen molar-refractivity contribution >= 4 is 28.7 Å². The van der Waals surface area contributed by atoms with Crippen molar-refractivity contribution in [1.82, 2.24) is 25.6 Å². The smallest absolute Gasteiger partial charge is 0.251 e. The fourth-order valence-corrected chi connectivity index (χ4v) is 4.70. The molecule has 0 saturated carbocycles. The Balaban J connectivity index is 1.18. The lowest BCUT2D eigenvalue weighted by atomic mass is 9.93. The molecule has 8 nitrogen and oxygen atoms in total. The molecule has 2 aliphatic heterocycles. The van der Waals surface area contributed by atoms with Gasteiger partial charge in [-0.2, -0.15) is 0 Å². The van der Waals surface area contributed by atoms with Gasteiger partial charge in [0, 0.05) is 67.2 Å². The Bertz CT molecular complexity index is 1100. The Labute approximate surface area is 180 Å². The van der Waals surface area contributed by atoms with E-state index in [1.165, 1.54) is 0 Å². The lowest BCUT2D eigenvalue weighted by Gasteiger charge is -2.31. The topological polar surface area (TPSA) is 103 Å². The number of hydrogen-bond donors (Lipinski definition) is 3. The first-order chi connectivity index (χ1) is 15.2. The molecule has 1 saturated heterocycles. The summed E-state index contributed by atoms with van der Waals surface area (Å²) in [5, 5.41) is 7.16. The van der Waals surface area contributed by atoms with Crippen molar-refractivity contribution < 1.29 is 9.59 Å². The van der Waals surface area contributed by atoms with Gasteiger partial charge in [-0.15, -0.1) is 0 Å². The molecule has 3 N–H and O–H groups in total. The minimum absolute atomic E-state index is 0.00384. The molecule has 0 radical (unpaired) electrons. The molecule has 1 fully saturated rings. The fraction of sp³-hybridized carbons (Fsp3) is 0.391. The number of fused-ring (bicyclic) bond motifs is 3. The van der Waals surface area contributed by atoms with Gasteiger partial charge in [0.25, 0.3) is 5.91 Å². The Hall–Kier alpha value is -3.42. The number of rotatable bonds is 5. The summed E-state index contributed by atoms with van der Waals surface area (Å²) < 4.78 is 0. The van der Waals surface area contributed by atoms with E-state index in [-0.39, 0.29) is 17.7 Å². The summed E-state index contributed by atoms with van der Waals surface area (Å²) in [6, 6.07) is 5.66. The molecule has 0 aliphatic carbocycles. The van der Waals surface area contributed by atoms with Gasteiger partial charge in [0.15, 0.2) is 0 Å². The monoisotopic (exact) mass is 418 g/mol. The predicted molar refractivity (Wildman–Crippen MR) is 118 cm³/mol. The molecular weight excluding hydrogens is 392 g/mol. The minimum Gasteiger partial charge on any atom is -0.361 e. The normalized spacial score (nSPS) is 16.8. The van der Waals surface area contributed by atoms with Gasteiger partial charge in [0.05, 0.1) is 0 Å². The van der Waals surface area contributed by atoms with Crippen LogP contribution in [0.4, 0.5) is 5.95 Å². The van der Waals surface area contributed by atoms with Crippen LogP contribution in [0.15, 0.2) is 36.8 Å². The number of aromatic amines is 1. The van der Waals surface area contributed by atoms with E-state index in [1.54, 1.807) is 12.4 Å². The quantitative estimate of drug-likeness (QED) is 0.587. The van der Waals surface area contributed by atoms with Gasteiger partial charge in [-0.3, -0.25) is 9.59 Å². The van der Waals surface area contributed by atoms with E-state index < -0.39 is 0 Å². The van der Waals surface area contributed by atoms with E-state index in [0.717, 1.165) is 72.3 Å². The van der Waals surface area contributed by atoms with Crippen molar-refractivity contribution in [3.05, 3.63) is 53.5 Å². The molecular formula is C23H26N6O2. The van der Waals surface area contributed by atoms with Gasteiger partial charge in [-0.25, -0.2) is 9.97 Å². The summed E-state index contributed by atoms with van der Waals surface area (Å²) in [6.07, 6.45) is 8.67. The number of piperidine rings is 1. The number of H-pyrrole nitrogens is 1. The van der Waals surface area contributed by atoms with Crippen molar-refractivity contribution in [2.75, 3.05) is 31.1 Å². The first-order valence-corrected chi connectivity index (χ1v) is 10.9. The van der Waals surface area contributed by atoms with Gasteiger partial charge < -0.3 is 20.5 Å². The Kier molecular flexibility index (Phi) is 5.28. The zero-order chi connectivity index (χ0) is 21.2. The van der Waals surface area contributed by atoms with Crippen molar-refractivity contribution in [2.45, 2.75) is 25.7 Å². The molecule has 0 unspecified atom stereocenters. The van der Waals surface area contributed by atoms with Crippen molar-refractivity contribution in [1.29, 1.82) is 0 Å². The van der Waals surface area contributed by atoms with E-state index >= 15 is 0 Å². The highest BCUT2D eigenvalue weighted by Crippen LogP contribution is 2.28. The second-order valence-electron chi connectivity index (χ2n) is 8.19. The number of carbonyl (C=O) groups excluding carboxylic acids is 2. The zero-order valence-electron chi connectivity index (χ0n) is 17.4. The molecule has 8 heteroatoms. The largest absolute Gasteiger partial charge is 0.361 e. The Morgan fingerprint density at radius 3 is 2.81 bits per heavy atom. The molecule has 0 bridgehead atoms. The molecule has 5 rings (SSSR count). The molecule has 2 amide bonds. The lowest BCUT2D eigenvalue weighted by molar-refractivity contribution is -0.125. The molecule has 0 spiro atoms. The van der Waals surface area contributed by atoms with Gasteiger partial charge in [0.2, 0.25) is 11.9 Å². The lowest BCUT2D eigenvalue weighted by Crippen LogP contribution is -2.41. The predicted octanol–water partition coefficient (Wildman–Crippen LogP) is 1.82. The summed E-state index contributed by atoms with van der Waals surface area (Å²) >= 11 is 0. The molecule has 0 atom stereocenters. The van der Waals surface area contributed by atoms with Crippen LogP contribution in [0, 0.1) is 5.92 Å². The van der Waals surface area contributed by atoms with Crippen LogP contribution in [0.2, 0.25) is 0 Å². The van der Waals surface area contributed by atoms with E-state index in [4.69, 9.17) is 0 Å². The van der Waals surface area contributed by atoms with Gasteiger partial charge in [-0.1, -0.05) is 0 Å². The van der Waals surface area contributed by atoms with Crippen LogP contribution in [0.5, 0.6) is 0 Å².